The number of amides is 1. The van der Waals surface area contributed by atoms with E-state index in [1.165, 1.54) is 11.0 Å². The SMILES string of the molecule is C=CCN(CC(C)C(=O)O)C(=O)/C=C/c1cccc(OC)c1. The van der Waals surface area contributed by atoms with Crippen LogP contribution in [0.15, 0.2) is 43.0 Å². The molecule has 1 aromatic rings. The number of ether oxygens (including phenoxy) is 1. The number of hydrogen-bond donors (Lipinski definition) is 1. The molecule has 0 saturated heterocycles. The molecule has 0 aromatic heterocycles. The second kappa shape index (κ2) is 8.67. The van der Waals surface area contributed by atoms with Gasteiger partial charge >= 0.3 is 5.97 Å². The summed E-state index contributed by atoms with van der Waals surface area (Å²) in [7, 11) is 1.58. The number of rotatable bonds is 8. The number of aliphatic carboxylic acids is 1. The summed E-state index contributed by atoms with van der Waals surface area (Å²) in [4.78, 5) is 24.5. The van der Waals surface area contributed by atoms with Crippen molar-refractivity contribution in [2.75, 3.05) is 20.2 Å². The number of benzene rings is 1. The van der Waals surface area contributed by atoms with Crippen LogP contribution in [0.4, 0.5) is 0 Å². The molecule has 1 unspecified atom stereocenters. The molecule has 1 atom stereocenters. The second-order valence-electron chi connectivity index (χ2n) is 4.88. The van der Waals surface area contributed by atoms with E-state index in [-0.39, 0.29) is 12.5 Å². The first-order valence-corrected chi connectivity index (χ1v) is 6.92. The third-order valence-electron chi connectivity index (χ3n) is 3.09. The van der Waals surface area contributed by atoms with Crippen molar-refractivity contribution in [1.29, 1.82) is 0 Å². The lowest BCUT2D eigenvalue weighted by atomic mass is 10.1. The Morgan fingerprint density at radius 1 is 1.45 bits per heavy atom. The standard InChI is InChI=1S/C17H21NO4/c1-4-10-18(12-13(2)17(20)21)16(19)9-8-14-6-5-7-15(11-14)22-3/h4-9,11,13H,1,10,12H2,2-3H3,(H,20,21)/b9-8+. The highest BCUT2D eigenvalue weighted by molar-refractivity contribution is 5.92. The zero-order valence-corrected chi connectivity index (χ0v) is 12.9. The van der Waals surface area contributed by atoms with Crippen LogP contribution >= 0.6 is 0 Å². The number of carboxylic acids is 1. The lowest BCUT2D eigenvalue weighted by molar-refractivity contribution is -0.142. The van der Waals surface area contributed by atoms with Crippen LogP contribution in [0.2, 0.25) is 0 Å². The molecular weight excluding hydrogens is 282 g/mol. The zero-order valence-electron chi connectivity index (χ0n) is 12.9. The summed E-state index contributed by atoms with van der Waals surface area (Å²) in [6, 6.07) is 7.31. The van der Waals surface area contributed by atoms with Gasteiger partial charge in [0, 0.05) is 19.2 Å². The van der Waals surface area contributed by atoms with E-state index in [2.05, 4.69) is 6.58 Å². The van der Waals surface area contributed by atoms with Crippen molar-refractivity contribution in [1.82, 2.24) is 4.90 Å². The van der Waals surface area contributed by atoms with Crippen LogP contribution in [0.3, 0.4) is 0 Å². The van der Waals surface area contributed by atoms with Gasteiger partial charge in [-0.05, 0) is 23.8 Å². The van der Waals surface area contributed by atoms with Crippen molar-refractivity contribution in [3.8, 4) is 5.75 Å². The number of carbonyl (C=O) groups excluding carboxylic acids is 1. The smallest absolute Gasteiger partial charge is 0.308 e. The second-order valence-corrected chi connectivity index (χ2v) is 4.88. The summed E-state index contributed by atoms with van der Waals surface area (Å²) < 4.78 is 5.12. The molecule has 0 spiro atoms. The van der Waals surface area contributed by atoms with Gasteiger partial charge in [0.1, 0.15) is 5.75 Å². The van der Waals surface area contributed by atoms with E-state index in [1.807, 2.05) is 24.3 Å². The molecule has 0 saturated carbocycles. The topological polar surface area (TPSA) is 66.8 Å². The van der Waals surface area contributed by atoms with Crippen LogP contribution in [0.5, 0.6) is 5.75 Å². The third kappa shape index (κ3) is 5.44. The third-order valence-corrected chi connectivity index (χ3v) is 3.09. The Balaban J connectivity index is 2.78. The molecular formula is C17H21NO4. The Hall–Kier alpha value is -2.56. The van der Waals surface area contributed by atoms with Crippen molar-refractivity contribution in [3.63, 3.8) is 0 Å². The first-order chi connectivity index (χ1) is 10.5. The normalized spacial score (nSPS) is 11.9. The minimum absolute atomic E-state index is 0.142. The molecule has 0 fully saturated rings. The van der Waals surface area contributed by atoms with Gasteiger partial charge in [-0.3, -0.25) is 9.59 Å². The van der Waals surface area contributed by atoms with Gasteiger partial charge in [-0.25, -0.2) is 0 Å². The fraction of sp³-hybridized carbons (Fsp3) is 0.294. The molecule has 1 amide bonds. The minimum atomic E-state index is -0.932. The van der Waals surface area contributed by atoms with Gasteiger partial charge in [-0.2, -0.15) is 0 Å². The molecule has 1 aromatic carbocycles. The molecule has 0 aliphatic carbocycles. The predicted molar refractivity (Wildman–Crippen MR) is 85.6 cm³/mol. The van der Waals surface area contributed by atoms with Gasteiger partial charge < -0.3 is 14.7 Å². The molecule has 1 N–H and O–H groups in total. The molecule has 22 heavy (non-hydrogen) atoms. The van der Waals surface area contributed by atoms with Gasteiger partial charge in [0.15, 0.2) is 0 Å². The summed E-state index contributed by atoms with van der Waals surface area (Å²) in [6.45, 7) is 5.61. The van der Waals surface area contributed by atoms with Crippen molar-refractivity contribution in [2.45, 2.75) is 6.92 Å². The molecule has 5 heteroatoms. The lowest BCUT2D eigenvalue weighted by Gasteiger charge is -2.21. The van der Waals surface area contributed by atoms with Crippen LogP contribution in [0, 0.1) is 5.92 Å². The van der Waals surface area contributed by atoms with E-state index >= 15 is 0 Å². The maximum Gasteiger partial charge on any atom is 0.308 e. The van der Waals surface area contributed by atoms with Gasteiger partial charge in [0.25, 0.3) is 0 Å². The Morgan fingerprint density at radius 3 is 2.77 bits per heavy atom. The summed E-state index contributed by atoms with van der Waals surface area (Å²) in [6.07, 6.45) is 4.67. The van der Waals surface area contributed by atoms with E-state index in [0.29, 0.717) is 12.3 Å². The number of hydrogen-bond acceptors (Lipinski definition) is 3. The summed E-state index contributed by atoms with van der Waals surface area (Å²) in [5.74, 6) is -1.11. The average molecular weight is 303 g/mol. The number of carboxylic acid groups (broad SMARTS) is 1. The fourth-order valence-corrected chi connectivity index (χ4v) is 1.84. The Labute approximate surface area is 130 Å². The van der Waals surface area contributed by atoms with E-state index in [0.717, 1.165) is 5.56 Å². The maximum absolute atomic E-state index is 12.2. The molecule has 5 nitrogen and oxygen atoms in total. The van der Waals surface area contributed by atoms with Crippen LogP contribution in [0.25, 0.3) is 6.08 Å². The summed E-state index contributed by atoms with van der Waals surface area (Å²) >= 11 is 0. The highest BCUT2D eigenvalue weighted by Crippen LogP contribution is 2.14. The van der Waals surface area contributed by atoms with Crippen molar-refractivity contribution in [2.24, 2.45) is 5.92 Å². The fourth-order valence-electron chi connectivity index (χ4n) is 1.84. The van der Waals surface area contributed by atoms with Crippen molar-refractivity contribution >= 4 is 18.0 Å². The molecule has 118 valence electrons. The summed E-state index contributed by atoms with van der Waals surface area (Å²) in [5.41, 5.74) is 0.831. The monoisotopic (exact) mass is 303 g/mol. The van der Waals surface area contributed by atoms with Gasteiger partial charge in [0.05, 0.1) is 13.0 Å². The van der Waals surface area contributed by atoms with E-state index < -0.39 is 11.9 Å². The van der Waals surface area contributed by atoms with Crippen LogP contribution in [-0.4, -0.2) is 42.1 Å². The molecule has 1 rings (SSSR count). The lowest BCUT2D eigenvalue weighted by Crippen LogP contribution is -2.36. The Morgan fingerprint density at radius 2 is 2.18 bits per heavy atom. The van der Waals surface area contributed by atoms with Gasteiger partial charge in [0.2, 0.25) is 5.91 Å². The predicted octanol–water partition coefficient (Wildman–Crippen LogP) is 2.44. The number of nitrogens with zero attached hydrogens (tertiary/aromatic N) is 1. The number of carbonyl (C=O) groups is 2. The van der Waals surface area contributed by atoms with Crippen molar-refractivity contribution < 1.29 is 19.4 Å². The highest BCUT2D eigenvalue weighted by Gasteiger charge is 2.18. The zero-order chi connectivity index (χ0) is 16.5. The molecule has 0 radical (unpaired) electrons. The average Bonchev–Trinajstić information content (AvgIpc) is 2.52. The Bertz CT molecular complexity index is 566. The Kier molecular flexibility index (Phi) is 6.89. The van der Waals surface area contributed by atoms with E-state index in [1.54, 1.807) is 26.2 Å². The first kappa shape index (κ1) is 17.5. The minimum Gasteiger partial charge on any atom is -0.497 e. The van der Waals surface area contributed by atoms with Gasteiger partial charge in [-0.15, -0.1) is 6.58 Å². The molecule has 0 aliphatic heterocycles. The maximum atomic E-state index is 12.2. The quantitative estimate of drug-likeness (QED) is 0.591. The first-order valence-electron chi connectivity index (χ1n) is 6.92. The molecule has 0 aliphatic rings. The van der Waals surface area contributed by atoms with Crippen LogP contribution in [-0.2, 0) is 9.59 Å². The number of methoxy groups -OCH3 is 1. The van der Waals surface area contributed by atoms with Gasteiger partial charge in [-0.1, -0.05) is 25.1 Å². The summed E-state index contributed by atoms with van der Waals surface area (Å²) in [5, 5.41) is 8.95. The van der Waals surface area contributed by atoms with E-state index in [9.17, 15) is 9.59 Å². The van der Waals surface area contributed by atoms with E-state index in [4.69, 9.17) is 9.84 Å². The van der Waals surface area contributed by atoms with Crippen molar-refractivity contribution in [3.05, 3.63) is 48.6 Å². The molecule has 0 bridgehead atoms. The highest BCUT2D eigenvalue weighted by atomic mass is 16.5. The molecule has 0 heterocycles. The van der Waals surface area contributed by atoms with Crippen LogP contribution < -0.4 is 4.74 Å². The largest absolute Gasteiger partial charge is 0.497 e. The van der Waals surface area contributed by atoms with Crippen LogP contribution in [0.1, 0.15) is 12.5 Å².